The molecule has 0 amide bonds. The second-order valence-corrected chi connectivity index (χ2v) is 7.93. The molecule has 1 aliphatic carbocycles. The first-order valence-corrected chi connectivity index (χ1v) is 11.0. The molecule has 31 heavy (non-hydrogen) atoms. The number of nitrogens with zero attached hydrogens (tertiary/aromatic N) is 4. The van der Waals surface area contributed by atoms with Crippen molar-refractivity contribution in [1.82, 2.24) is 25.4 Å². The molecule has 0 bridgehead atoms. The van der Waals surface area contributed by atoms with Crippen LogP contribution in [0.5, 0.6) is 11.5 Å². The van der Waals surface area contributed by atoms with Crippen LogP contribution in [0.1, 0.15) is 50.4 Å². The van der Waals surface area contributed by atoms with Crippen molar-refractivity contribution in [2.45, 2.75) is 70.7 Å². The second-order valence-electron chi connectivity index (χ2n) is 7.93. The lowest BCUT2D eigenvalue weighted by molar-refractivity contribution is 0.207. The Balaban J connectivity index is 0.00000272. The molecular formula is C22H33IN6O2. The van der Waals surface area contributed by atoms with Gasteiger partial charge in [-0.05, 0) is 51.2 Å². The Kier molecular flexibility index (Phi) is 8.79. The van der Waals surface area contributed by atoms with Crippen molar-refractivity contribution in [3.05, 3.63) is 35.9 Å². The lowest BCUT2D eigenvalue weighted by Crippen LogP contribution is -2.47. The van der Waals surface area contributed by atoms with E-state index < -0.39 is 0 Å². The maximum absolute atomic E-state index is 6.31. The second kappa shape index (κ2) is 11.5. The van der Waals surface area contributed by atoms with Gasteiger partial charge in [0.05, 0.1) is 26.3 Å². The zero-order chi connectivity index (χ0) is 20.8. The number of halogens is 1. The van der Waals surface area contributed by atoms with Crippen LogP contribution in [0.2, 0.25) is 0 Å². The Morgan fingerprint density at radius 1 is 1.26 bits per heavy atom. The number of hydrogen-bond acceptors (Lipinski definition) is 5. The first-order valence-electron chi connectivity index (χ1n) is 11.0. The standard InChI is InChI=1S/C22H32N6O2.HI/c1-3-23-22(27-17-9-11-21-25-15-26-28(21)14-17)24-13-16-8-10-19(29-2)12-20(16)30-18-6-4-5-7-18;/h8,10,12,15,17-18H,3-7,9,11,13-14H2,1-2H3,(H2,23,24,27);1H. The van der Waals surface area contributed by atoms with Crippen LogP contribution in [0.3, 0.4) is 0 Å². The number of fused-ring (bicyclic) bond motifs is 1. The smallest absolute Gasteiger partial charge is 0.191 e. The summed E-state index contributed by atoms with van der Waals surface area (Å²) in [5.41, 5.74) is 1.07. The molecule has 1 atom stereocenters. The monoisotopic (exact) mass is 540 g/mol. The summed E-state index contributed by atoms with van der Waals surface area (Å²) in [5.74, 6) is 3.56. The van der Waals surface area contributed by atoms with E-state index in [2.05, 4.69) is 33.7 Å². The molecule has 9 heteroatoms. The number of aliphatic imine (C=N–C) groups is 1. The van der Waals surface area contributed by atoms with E-state index >= 15 is 0 Å². The Morgan fingerprint density at radius 3 is 2.87 bits per heavy atom. The summed E-state index contributed by atoms with van der Waals surface area (Å²) < 4.78 is 13.7. The molecule has 1 aliphatic heterocycles. The first kappa shape index (κ1) is 23.6. The fourth-order valence-corrected chi connectivity index (χ4v) is 4.12. The third-order valence-corrected chi connectivity index (χ3v) is 5.77. The Morgan fingerprint density at radius 2 is 2.10 bits per heavy atom. The number of nitrogens with one attached hydrogen (secondary N) is 2. The maximum Gasteiger partial charge on any atom is 0.191 e. The van der Waals surface area contributed by atoms with E-state index in [1.165, 1.54) is 12.8 Å². The fraction of sp³-hybridized carbons (Fsp3) is 0.591. The van der Waals surface area contributed by atoms with Crippen LogP contribution in [0, 0.1) is 0 Å². The first-order chi connectivity index (χ1) is 14.7. The van der Waals surface area contributed by atoms with Gasteiger partial charge in [-0.25, -0.2) is 14.7 Å². The summed E-state index contributed by atoms with van der Waals surface area (Å²) in [6.45, 7) is 4.23. The average molecular weight is 540 g/mol. The van der Waals surface area contributed by atoms with Gasteiger partial charge in [-0.1, -0.05) is 0 Å². The fourth-order valence-electron chi connectivity index (χ4n) is 4.12. The molecule has 1 aromatic heterocycles. The van der Waals surface area contributed by atoms with Crippen LogP contribution < -0.4 is 20.1 Å². The quantitative estimate of drug-likeness (QED) is 0.319. The van der Waals surface area contributed by atoms with Crippen LogP contribution in [0.15, 0.2) is 29.5 Å². The molecule has 1 aromatic carbocycles. The number of guanidine groups is 1. The SMILES string of the molecule is CCNC(=NCc1ccc(OC)cc1OC1CCCC1)NC1CCc2ncnn2C1.I. The predicted octanol–water partition coefficient (Wildman–Crippen LogP) is 3.30. The van der Waals surface area contributed by atoms with Crippen LogP contribution in [-0.4, -0.2) is 46.5 Å². The van der Waals surface area contributed by atoms with E-state index in [1.807, 2.05) is 16.8 Å². The Hall–Kier alpha value is -2.04. The molecule has 2 heterocycles. The van der Waals surface area contributed by atoms with Gasteiger partial charge in [0.15, 0.2) is 5.96 Å². The van der Waals surface area contributed by atoms with E-state index in [-0.39, 0.29) is 30.0 Å². The van der Waals surface area contributed by atoms with Gasteiger partial charge >= 0.3 is 0 Å². The van der Waals surface area contributed by atoms with E-state index in [4.69, 9.17) is 14.5 Å². The highest BCUT2D eigenvalue weighted by Crippen LogP contribution is 2.30. The molecule has 1 saturated carbocycles. The van der Waals surface area contributed by atoms with Crippen LogP contribution >= 0.6 is 24.0 Å². The van der Waals surface area contributed by atoms with E-state index in [1.54, 1.807) is 13.4 Å². The lowest BCUT2D eigenvalue weighted by atomic mass is 10.1. The molecule has 0 spiro atoms. The third kappa shape index (κ3) is 6.24. The molecule has 1 unspecified atom stereocenters. The number of ether oxygens (including phenoxy) is 2. The Labute approximate surface area is 201 Å². The molecule has 8 nitrogen and oxygen atoms in total. The minimum atomic E-state index is 0. The number of hydrogen-bond donors (Lipinski definition) is 2. The number of aromatic nitrogens is 3. The summed E-state index contributed by atoms with van der Waals surface area (Å²) in [4.78, 5) is 9.14. The molecule has 1 fully saturated rings. The van der Waals surface area contributed by atoms with E-state index in [0.717, 1.165) is 67.6 Å². The highest BCUT2D eigenvalue weighted by molar-refractivity contribution is 14.0. The molecule has 0 radical (unpaired) electrons. The molecule has 2 N–H and O–H groups in total. The van der Waals surface area contributed by atoms with E-state index in [9.17, 15) is 0 Å². The number of methoxy groups -OCH3 is 1. The van der Waals surface area contributed by atoms with Crippen LogP contribution in [0.4, 0.5) is 0 Å². The highest BCUT2D eigenvalue weighted by atomic mass is 127. The molecule has 0 saturated heterocycles. The van der Waals surface area contributed by atoms with Crippen molar-refractivity contribution >= 4 is 29.9 Å². The zero-order valence-electron chi connectivity index (χ0n) is 18.3. The van der Waals surface area contributed by atoms with Gasteiger partial charge < -0.3 is 20.1 Å². The van der Waals surface area contributed by atoms with Crippen LogP contribution in [-0.2, 0) is 19.5 Å². The predicted molar refractivity (Wildman–Crippen MR) is 131 cm³/mol. The molecule has 2 aliphatic rings. The largest absolute Gasteiger partial charge is 0.497 e. The molecule has 170 valence electrons. The number of aryl methyl sites for hydroxylation is 1. The summed E-state index contributed by atoms with van der Waals surface area (Å²) in [7, 11) is 1.68. The third-order valence-electron chi connectivity index (χ3n) is 5.77. The Bertz CT molecular complexity index is 865. The van der Waals surface area contributed by atoms with E-state index in [0.29, 0.717) is 12.6 Å². The van der Waals surface area contributed by atoms with Crippen LogP contribution in [0.25, 0.3) is 0 Å². The van der Waals surface area contributed by atoms with Crippen molar-refractivity contribution in [2.24, 2.45) is 4.99 Å². The van der Waals surface area contributed by atoms with Crippen molar-refractivity contribution in [1.29, 1.82) is 0 Å². The number of benzene rings is 1. The van der Waals surface area contributed by atoms with Crippen molar-refractivity contribution in [2.75, 3.05) is 13.7 Å². The van der Waals surface area contributed by atoms with Crippen molar-refractivity contribution < 1.29 is 9.47 Å². The summed E-state index contributed by atoms with van der Waals surface area (Å²) in [6.07, 6.45) is 8.59. The summed E-state index contributed by atoms with van der Waals surface area (Å²) in [5, 5.41) is 11.2. The van der Waals surface area contributed by atoms with Gasteiger partial charge in [-0.2, -0.15) is 5.10 Å². The minimum Gasteiger partial charge on any atom is -0.497 e. The molecule has 2 aromatic rings. The summed E-state index contributed by atoms with van der Waals surface area (Å²) >= 11 is 0. The van der Waals surface area contributed by atoms with Gasteiger partial charge in [0, 0.05) is 30.6 Å². The normalized spacial score (nSPS) is 18.8. The van der Waals surface area contributed by atoms with Gasteiger partial charge in [-0.3, -0.25) is 0 Å². The zero-order valence-corrected chi connectivity index (χ0v) is 20.7. The van der Waals surface area contributed by atoms with Crippen molar-refractivity contribution in [3.8, 4) is 11.5 Å². The average Bonchev–Trinajstić information content (AvgIpc) is 3.44. The minimum absolute atomic E-state index is 0. The molecule has 4 rings (SSSR count). The topological polar surface area (TPSA) is 85.6 Å². The highest BCUT2D eigenvalue weighted by Gasteiger charge is 2.21. The maximum atomic E-state index is 6.31. The van der Waals surface area contributed by atoms with Gasteiger partial charge in [-0.15, -0.1) is 24.0 Å². The van der Waals surface area contributed by atoms with Crippen molar-refractivity contribution in [3.63, 3.8) is 0 Å². The van der Waals surface area contributed by atoms with Gasteiger partial charge in [0.1, 0.15) is 23.7 Å². The van der Waals surface area contributed by atoms with Gasteiger partial charge in [0.2, 0.25) is 0 Å². The number of rotatable bonds is 7. The van der Waals surface area contributed by atoms with Gasteiger partial charge in [0.25, 0.3) is 0 Å². The summed E-state index contributed by atoms with van der Waals surface area (Å²) in [6, 6.07) is 6.29. The molecular weight excluding hydrogens is 507 g/mol. The lowest BCUT2D eigenvalue weighted by Gasteiger charge is -2.25.